The van der Waals surface area contributed by atoms with E-state index < -0.39 is 11.9 Å². The average Bonchev–Trinajstić information content (AvgIpc) is 3.02. The third kappa shape index (κ3) is 3.88. The minimum absolute atomic E-state index is 0.211. The number of carbonyl (C=O) groups excluding carboxylic acids is 1. The summed E-state index contributed by atoms with van der Waals surface area (Å²) in [5.41, 5.74) is 0.363. The lowest BCUT2D eigenvalue weighted by Crippen LogP contribution is -2.30. The zero-order valence-corrected chi connectivity index (χ0v) is 13.9. The SMILES string of the molecule is CCCOc1c(Cl)cc(C(=O)N2CC[C@H](C(=O)O)C2)cc1OC. The van der Waals surface area contributed by atoms with E-state index in [-0.39, 0.29) is 12.5 Å². The van der Waals surface area contributed by atoms with E-state index in [1.54, 1.807) is 6.07 Å². The fourth-order valence-corrected chi connectivity index (χ4v) is 2.78. The van der Waals surface area contributed by atoms with E-state index in [0.717, 1.165) is 6.42 Å². The molecule has 0 unspecified atom stereocenters. The van der Waals surface area contributed by atoms with Crippen molar-refractivity contribution in [3.63, 3.8) is 0 Å². The van der Waals surface area contributed by atoms with Gasteiger partial charge in [0, 0.05) is 18.7 Å². The Labute approximate surface area is 139 Å². The summed E-state index contributed by atoms with van der Waals surface area (Å²) in [6.07, 6.45) is 1.29. The van der Waals surface area contributed by atoms with Crippen LogP contribution in [0.25, 0.3) is 0 Å². The van der Waals surface area contributed by atoms with Crippen LogP contribution in [0.5, 0.6) is 11.5 Å². The van der Waals surface area contributed by atoms with Crippen molar-refractivity contribution in [1.29, 1.82) is 0 Å². The lowest BCUT2D eigenvalue weighted by Gasteiger charge is -2.18. The maximum Gasteiger partial charge on any atom is 0.308 e. The second-order valence-electron chi connectivity index (χ2n) is 5.41. The molecule has 0 saturated carbocycles. The molecule has 1 amide bonds. The fraction of sp³-hybridized carbons (Fsp3) is 0.500. The molecule has 23 heavy (non-hydrogen) atoms. The van der Waals surface area contributed by atoms with Crippen LogP contribution < -0.4 is 9.47 Å². The van der Waals surface area contributed by atoms with Crippen molar-refractivity contribution in [3.05, 3.63) is 22.7 Å². The maximum atomic E-state index is 12.5. The normalized spacial score (nSPS) is 17.2. The van der Waals surface area contributed by atoms with Crippen LogP contribution in [0.4, 0.5) is 0 Å². The van der Waals surface area contributed by atoms with Crippen molar-refractivity contribution in [1.82, 2.24) is 4.90 Å². The molecule has 2 rings (SSSR count). The van der Waals surface area contributed by atoms with E-state index >= 15 is 0 Å². The van der Waals surface area contributed by atoms with E-state index in [2.05, 4.69) is 0 Å². The standard InChI is InChI=1S/C16H20ClNO5/c1-3-6-23-14-12(17)7-11(8-13(14)22-2)15(19)18-5-4-10(9-18)16(20)21/h7-8,10H,3-6,9H2,1-2H3,(H,20,21)/t10-/m0/s1. The largest absolute Gasteiger partial charge is 0.493 e. The maximum absolute atomic E-state index is 12.5. The molecule has 0 aromatic heterocycles. The number of hydrogen-bond donors (Lipinski definition) is 1. The number of rotatable bonds is 6. The van der Waals surface area contributed by atoms with Gasteiger partial charge in [-0.1, -0.05) is 18.5 Å². The van der Waals surface area contributed by atoms with Gasteiger partial charge in [0.1, 0.15) is 0 Å². The Kier molecular flexibility index (Phi) is 5.71. The number of benzene rings is 1. The number of carbonyl (C=O) groups is 2. The molecule has 1 aliphatic heterocycles. The van der Waals surface area contributed by atoms with Crippen LogP contribution in [0.15, 0.2) is 12.1 Å². The third-order valence-corrected chi connectivity index (χ3v) is 4.03. The number of halogens is 1. The van der Waals surface area contributed by atoms with Crippen molar-refractivity contribution in [2.45, 2.75) is 19.8 Å². The van der Waals surface area contributed by atoms with Gasteiger partial charge in [0.2, 0.25) is 0 Å². The van der Waals surface area contributed by atoms with Crippen molar-refractivity contribution >= 4 is 23.5 Å². The molecule has 1 heterocycles. The Morgan fingerprint density at radius 3 is 2.74 bits per heavy atom. The third-order valence-electron chi connectivity index (χ3n) is 3.75. The average molecular weight is 342 g/mol. The van der Waals surface area contributed by atoms with Crippen LogP contribution in [-0.4, -0.2) is 48.7 Å². The van der Waals surface area contributed by atoms with Crippen molar-refractivity contribution in [2.75, 3.05) is 26.8 Å². The summed E-state index contributed by atoms with van der Waals surface area (Å²) in [6.45, 7) is 3.10. The zero-order chi connectivity index (χ0) is 17.0. The van der Waals surface area contributed by atoms with E-state index in [1.807, 2.05) is 6.92 Å². The van der Waals surface area contributed by atoms with Gasteiger partial charge in [0.05, 0.1) is 24.7 Å². The number of methoxy groups -OCH3 is 1. The molecule has 0 radical (unpaired) electrons. The second kappa shape index (κ2) is 7.55. The van der Waals surface area contributed by atoms with Crippen LogP contribution in [0.2, 0.25) is 5.02 Å². The topological polar surface area (TPSA) is 76.1 Å². The molecule has 1 N–H and O–H groups in total. The van der Waals surface area contributed by atoms with Crippen LogP contribution >= 0.6 is 11.6 Å². The van der Waals surface area contributed by atoms with Crippen molar-refractivity contribution < 1.29 is 24.2 Å². The summed E-state index contributed by atoms with van der Waals surface area (Å²) in [6, 6.07) is 3.11. The summed E-state index contributed by atoms with van der Waals surface area (Å²) in [7, 11) is 1.48. The van der Waals surface area contributed by atoms with E-state index in [4.69, 9.17) is 26.2 Å². The number of likely N-dealkylation sites (tertiary alicyclic amines) is 1. The van der Waals surface area contributed by atoms with Gasteiger partial charge >= 0.3 is 5.97 Å². The molecule has 0 bridgehead atoms. The molecule has 1 aromatic carbocycles. The number of carboxylic acids is 1. The second-order valence-corrected chi connectivity index (χ2v) is 5.82. The first kappa shape index (κ1) is 17.4. The van der Waals surface area contributed by atoms with Gasteiger partial charge in [-0.2, -0.15) is 0 Å². The van der Waals surface area contributed by atoms with E-state index in [1.165, 1.54) is 18.1 Å². The molecule has 7 heteroatoms. The highest BCUT2D eigenvalue weighted by molar-refractivity contribution is 6.32. The molecule has 126 valence electrons. The first-order valence-electron chi connectivity index (χ1n) is 7.50. The first-order valence-corrected chi connectivity index (χ1v) is 7.88. The lowest BCUT2D eigenvalue weighted by atomic mass is 10.1. The summed E-state index contributed by atoms with van der Waals surface area (Å²) < 4.78 is 10.8. The highest BCUT2D eigenvalue weighted by Gasteiger charge is 2.31. The molecule has 1 saturated heterocycles. The van der Waals surface area contributed by atoms with Gasteiger partial charge in [0.15, 0.2) is 11.5 Å². The van der Waals surface area contributed by atoms with Gasteiger partial charge in [-0.3, -0.25) is 9.59 Å². The lowest BCUT2D eigenvalue weighted by molar-refractivity contribution is -0.141. The van der Waals surface area contributed by atoms with Crippen LogP contribution in [0.1, 0.15) is 30.1 Å². The summed E-state index contributed by atoms with van der Waals surface area (Å²) >= 11 is 6.21. The number of ether oxygens (including phenoxy) is 2. The molecule has 1 aliphatic rings. The number of aliphatic carboxylic acids is 1. The summed E-state index contributed by atoms with van der Waals surface area (Å²) in [5, 5.41) is 9.33. The van der Waals surface area contributed by atoms with Gasteiger partial charge in [0.25, 0.3) is 5.91 Å². The molecular formula is C16H20ClNO5. The van der Waals surface area contributed by atoms with Crippen LogP contribution in [-0.2, 0) is 4.79 Å². The number of carboxylic acid groups (broad SMARTS) is 1. The number of hydrogen-bond acceptors (Lipinski definition) is 4. The number of amides is 1. The minimum atomic E-state index is -0.876. The van der Waals surface area contributed by atoms with Gasteiger partial charge < -0.3 is 19.5 Å². The van der Waals surface area contributed by atoms with Gasteiger partial charge in [-0.15, -0.1) is 0 Å². The monoisotopic (exact) mass is 341 g/mol. The smallest absolute Gasteiger partial charge is 0.308 e. The van der Waals surface area contributed by atoms with Crippen LogP contribution in [0.3, 0.4) is 0 Å². The molecular weight excluding hydrogens is 322 g/mol. The van der Waals surface area contributed by atoms with Gasteiger partial charge in [-0.25, -0.2) is 0 Å². The minimum Gasteiger partial charge on any atom is -0.493 e. The highest BCUT2D eigenvalue weighted by atomic mass is 35.5. The van der Waals surface area contributed by atoms with E-state index in [0.29, 0.717) is 41.7 Å². The molecule has 6 nitrogen and oxygen atoms in total. The predicted octanol–water partition coefficient (Wildman–Crippen LogP) is 2.68. The molecule has 0 spiro atoms. The summed E-state index contributed by atoms with van der Waals surface area (Å²) in [5.74, 6) is -0.834. The molecule has 0 aliphatic carbocycles. The first-order chi connectivity index (χ1) is 11.0. The van der Waals surface area contributed by atoms with Crippen molar-refractivity contribution in [3.8, 4) is 11.5 Å². The Bertz CT molecular complexity index is 604. The Balaban J connectivity index is 2.21. The van der Waals surface area contributed by atoms with Crippen LogP contribution in [0, 0.1) is 5.92 Å². The van der Waals surface area contributed by atoms with Crippen molar-refractivity contribution in [2.24, 2.45) is 5.92 Å². The predicted molar refractivity (Wildman–Crippen MR) is 85.4 cm³/mol. The fourth-order valence-electron chi connectivity index (χ4n) is 2.52. The highest BCUT2D eigenvalue weighted by Crippen LogP contribution is 2.37. The zero-order valence-electron chi connectivity index (χ0n) is 13.2. The Hall–Kier alpha value is -1.95. The molecule has 1 fully saturated rings. The Morgan fingerprint density at radius 2 is 2.17 bits per heavy atom. The quantitative estimate of drug-likeness (QED) is 0.860. The number of nitrogens with zero attached hydrogens (tertiary/aromatic N) is 1. The van der Waals surface area contributed by atoms with E-state index in [9.17, 15) is 9.59 Å². The molecule has 1 atom stereocenters. The Morgan fingerprint density at radius 1 is 1.43 bits per heavy atom. The molecule has 1 aromatic rings. The van der Waals surface area contributed by atoms with Gasteiger partial charge in [-0.05, 0) is 25.0 Å². The summed E-state index contributed by atoms with van der Waals surface area (Å²) in [4.78, 5) is 25.1.